The van der Waals surface area contributed by atoms with E-state index in [1.54, 1.807) is 0 Å². The van der Waals surface area contributed by atoms with Crippen LogP contribution in [0.25, 0.3) is 76.2 Å². The van der Waals surface area contributed by atoms with Gasteiger partial charge in [-0.15, -0.1) is 0 Å². The molecule has 0 saturated heterocycles. The van der Waals surface area contributed by atoms with E-state index in [0.717, 1.165) is 22.7 Å². The molecule has 0 bridgehead atoms. The van der Waals surface area contributed by atoms with Crippen LogP contribution in [0.1, 0.15) is 74.9 Å². The van der Waals surface area contributed by atoms with Crippen LogP contribution in [0, 0.1) is 27.7 Å². The molecule has 4 heteroatoms. The summed E-state index contributed by atoms with van der Waals surface area (Å²) in [5.74, 6) is 0. The average Bonchev–Trinajstić information content (AvgIpc) is 4.06. The minimum absolute atomic E-state index is 0.0211. The quantitative estimate of drug-likeness (QED) is 0.165. The number of nitrogens with zero attached hydrogens (tertiary/aromatic N) is 4. The van der Waals surface area contributed by atoms with Gasteiger partial charge < -0.3 is 18.6 Å². The normalized spacial score (nSPS) is 12.7. The first-order valence-corrected chi connectivity index (χ1v) is 24.9. The molecule has 0 aliphatic carbocycles. The van der Waals surface area contributed by atoms with Crippen molar-refractivity contribution in [3.63, 3.8) is 0 Å². The van der Waals surface area contributed by atoms with E-state index in [1.165, 1.54) is 121 Å². The van der Waals surface area contributed by atoms with Gasteiger partial charge in [0.15, 0.2) is 0 Å². The number of aryl methyl sites for hydroxylation is 4. The first-order valence-electron chi connectivity index (χ1n) is 24.9. The molecule has 4 heterocycles. The minimum Gasteiger partial charge on any atom is -0.310 e. The molecular weight excluding hydrogens is 849 g/mol. The van der Waals surface area contributed by atoms with Crippen molar-refractivity contribution in [1.29, 1.82) is 0 Å². The van der Waals surface area contributed by atoms with Gasteiger partial charge >= 0.3 is 0 Å². The standard InChI is InChI=1S/C66H58N4/c1-39-11-21-45(22-12-39)67(46-23-13-40(2)14-24-46)57-33-29-49-51-37-60-52(38-59(51)69-55-31-19-43(65(5,6)7)35-53(55)61(57)63(49)69)50-30-34-58(62-54-36-44(66(8,9)10)20-32-56(54)70(60)64(50)62)68(47-25-15-41(3)16-26-47)48-27-17-42(4)18-28-48/h11-38H,1-10H3. The highest BCUT2D eigenvalue weighted by Gasteiger charge is 2.29. The van der Waals surface area contributed by atoms with Crippen LogP contribution in [0.15, 0.2) is 170 Å². The van der Waals surface area contributed by atoms with Gasteiger partial charge in [0, 0.05) is 65.8 Å². The number of rotatable bonds is 6. The molecule has 70 heavy (non-hydrogen) atoms. The Morgan fingerprint density at radius 1 is 0.300 bits per heavy atom. The Hall–Kier alpha value is -7.82. The van der Waals surface area contributed by atoms with Crippen molar-refractivity contribution in [2.24, 2.45) is 0 Å². The molecule has 0 fully saturated rings. The summed E-state index contributed by atoms with van der Waals surface area (Å²) >= 11 is 0. The molecule has 342 valence electrons. The van der Waals surface area contributed by atoms with E-state index in [0.29, 0.717) is 0 Å². The van der Waals surface area contributed by atoms with E-state index in [2.05, 4.69) is 258 Å². The SMILES string of the molecule is Cc1ccc(N(c2ccc(C)cc2)c2ccc3c4cc5c(cc4n4c6ccc(C(C)(C)C)cc6c2c34)c2ccc(N(c3ccc(C)cc3)c3ccc(C)cc3)c3c4cc(C(C)(C)C)ccc4n5c23)cc1. The highest BCUT2D eigenvalue weighted by Crippen LogP contribution is 2.52. The van der Waals surface area contributed by atoms with Crippen molar-refractivity contribution >= 4 is 110 Å². The fraction of sp³-hybridized carbons (Fsp3) is 0.182. The summed E-state index contributed by atoms with van der Waals surface area (Å²) in [6.45, 7) is 22.6. The van der Waals surface area contributed by atoms with Gasteiger partial charge in [0.2, 0.25) is 0 Å². The van der Waals surface area contributed by atoms with Crippen molar-refractivity contribution in [3.05, 3.63) is 203 Å². The van der Waals surface area contributed by atoms with Crippen LogP contribution in [-0.2, 0) is 10.8 Å². The highest BCUT2D eigenvalue weighted by atomic mass is 15.2. The van der Waals surface area contributed by atoms with Crippen LogP contribution in [0.2, 0.25) is 0 Å². The van der Waals surface area contributed by atoms with Gasteiger partial charge in [0.1, 0.15) is 0 Å². The van der Waals surface area contributed by atoms with Crippen molar-refractivity contribution in [3.8, 4) is 0 Å². The largest absolute Gasteiger partial charge is 0.310 e. The predicted octanol–water partition coefficient (Wildman–Crippen LogP) is 18.8. The van der Waals surface area contributed by atoms with Crippen molar-refractivity contribution in [2.45, 2.75) is 80.1 Å². The van der Waals surface area contributed by atoms with E-state index in [4.69, 9.17) is 0 Å². The molecule has 13 rings (SSSR count). The van der Waals surface area contributed by atoms with E-state index in [-0.39, 0.29) is 10.8 Å². The summed E-state index contributed by atoms with van der Waals surface area (Å²) in [5.41, 5.74) is 22.0. The molecule has 0 atom stereocenters. The zero-order valence-corrected chi connectivity index (χ0v) is 42.0. The van der Waals surface area contributed by atoms with Crippen LogP contribution < -0.4 is 9.80 Å². The third-order valence-corrected chi connectivity index (χ3v) is 15.3. The number of fused-ring (bicyclic) bond motifs is 12. The summed E-state index contributed by atoms with van der Waals surface area (Å²) in [6.07, 6.45) is 0. The number of aromatic nitrogens is 2. The van der Waals surface area contributed by atoms with Crippen molar-refractivity contribution < 1.29 is 0 Å². The maximum absolute atomic E-state index is 2.58. The van der Waals surface area contributed by atoms with Crippen LogP contribution in [-0.4, -0.2) is 8.80 Å². The monoisotopic (exact) mass is 906 g/mol. The Bertz CT molecular complexity index is 3820. The van der Waals surface area contributed by atoms with Gasteiger partial charge in [-0.1, -0.05) is 137 Å². The average molecular weight is 907 g/mol. The van der Waals surface area contributed by atoms with Crippen LogP contribution in [0.4, 0.5) is 34.1 Å². The number of anilines is 6. The number of benzene rings is 9. The highest BCUT2D eigenvalue weighted by molar-refractivity contribution is 6.32. The number of hydrogen-bond donors (Lipinski definition) is 0. The first kappa shape index (κ1) is 42.3. The second-order valence-corrected chi connectivity index (χ2v) is 22.2. The molecular formula is C66H58N4. The molecule has 0 spiro atoms. The van der Waals surface area contributed by atoms with Crippen LogP contribution >= 0.6 is 0 Å². The topological polar surface area (TPSA) is 15.3 Å². The molecule has 9 aromatic carbocycles. The van der Waals surface area contributed by atoms with Gasteiger partial charge in [-0.25, -0.2) is 0 Å². The van der Waals surface area contributed by atoms with Gasteiger partial charge in [-0.05, 0) is 147 Å². The smallest absolute Gasteiger partial charge is 0.0641 e. The van der Waals surface area contributed by atoms with E-state index < -0.39 is 0 Å². The zero-order chi connectivity index (χ0) is 48.1. The molecule has 13 aromatic rings. The Kier molecular flexibility index (Phi) is 8.97. The lowest BCUT2D eigenvalue weighted by atomic mass is 9.86. The summed E-state index contributed by atoms with van der Waals surface area (Å²) in [5, 5.41) is 10.2. The molecule has 0 radical (unpaired) electrons. The molecule has 0 saturated carbocycles. The summed E-state index contributed by atoms with van der Waals surface area (Å²) in [7, 11) is 0. The second-order valence-electron chi connectivity index (χ2n) is 22.2. The third kappa shape index (κ3) is 6.21. The molecule has 0 unspecified atom stereocenters. The van der Waals surface area contributed by atoms with E-state index in [1.807, 2.05) is 0 Å². The van der Waals surface area contributed by atoms with Gasteiger partial charge in [0.25, 0.3) is 0 Å². The molecule has 4 nitrogen and oxygen atoms in total. The Labute approximate surface area is 410 Å². The third-order valence-electron chi connectivity index (χ3n) is 15.3. The van der Waals surface area contributed by atoms with E-state index >= 15 is 0 Å². The maximum Gasteiger partial charge on any atom is 0.0641 e. The van der Waals surface area contributed by atoms with Gasteiger partial charge in [0.05, 0.1) is 44.5 Å². The Balaban J connectivity index is 1.15. The molecule has 0 N–H and O–H groups in total. The minimum atomic E-state index is -0.0211. The lowest BCUT2D eigenvalue weighted by Crippen LogP contribution is -2.11. The predicted molar refractivity (Wildman–Crippen MR) is 301 cm³/mol. The first-order chi connectivity index (χ1) is 33.6. The Morgan fingerprint density at radius 2 is 0.614 bits per heavy atom. The van der Waals surface area contributed by atoms with Gasteiger partial charge in [-0.3, -0.25) is 0 Å². The molecule has 4 aromatic heterocycles. The van der Waals surface area contributed by atoms with Crippen LogP contribution in [0.3, 0.4) is 0 Å². The van der Waals surface area contributed by atoms with Crippen molar-refractivity contribution in [1.82, 2.24) is 8.80 Å². The zero-order valence-electron chi connectivity index (χ0n) is 42.0. The lowest BCUT2D eigenvalue weighted by molar-refractivity contribution is 0.591. The number of hydrogen-bond acceptors (Lipinski definition) is 2. The molecule has 0 amide bonds. The van der Waals surface area contributed by atoms with Gasteiger partial charge in [-0.2, -0.15) is 0 Å². The van der Waals surface area contributed by atoms with Crippen LogP contribution in [0.5, 0.6) is 0 Å². The fourth-order valence-corrected chi connectivity index (χ4v) is 11.5. The summed E-state index contributed by atoms with van der Waals surface area (Å²) in [4.78, 5) is 4.93. The second kappa shape index (κ2) is 14.8. The molecule has 0 aliphatic rings. The maximum atomic E-state index is 2.58. The van der Waals surface area contributed by atoms with E-state index in [9.17, 15) is 0 Å². The van der Waals surface area contributed by atoms with Crippen molar-refractivity contribution in [2.75, 3.05) is 9.80 Å². The summed E-state index contributed by atoms with van der Waals surface area (Å²) < 4.78 is 5.16. The molecule has 0 aliphatic heterocycles. The Morgan fingerprint density at radius 3 is 0.914 bits per heavy atom. The summed E-state index contributed by atoms with van der Waals surface area (Å²) in [6, 6.07) is 65.0. The lowest BCUT2D eigenvalue weighted by Gasteiger charge is -2.27. The fourth-order valence-electron chi connectivity index (χ4n) is 11.5.